The van der Waals surface area contributed by atoms with Crippen LogP contribution >= 0.6 is 23.4 Å². The summed E-state index contributed by atoms with van der Waals surface area (Å²) in [6, 6.07) is 0. The highest BCUT2D eigenvalue weighted by molar-refractivity contribution is 7.98. The average molecular weight is 277 g/mol. The van der Waals surface area contributed by atoms with E-state index in [1.54, 1.807) is 11.8 Å². The van der Waals surface area contributed by atoms with E-state index in [2.05, 4.69) is 4.98 Å². The molecule has 0 aliphatic heterocycles. The molecule has 0 spiro atoms. The highest BCUT2D eigenvalue weighted by Gasteiger charge is 2.11. The van der Waals surface area contributed by atoms with E-state index in [9.17, 15) is 9.59 Å². The van der Waals surface area contributed by atoms with E-state index in [4.69, 9.17) is 11.6 Å². The molecule has 6 heteroatoms. The number of rotatable bonds is 6. The third-order valence-corrected chi connectivity index (χ3v) is 3.48. The normalized spacial score (nSPS) is 10.8. The van der Waals surface area contributed by atoms with Gasteiger partial charge in [-0.15, -0.1) is 0 Å². The lowest BCUT2D eigenvalue weighted by atomic mass is 10.2. The molecular weight excluding hydrogens is 260 g/mol. The van der Waals surface area contributed by atoms with E-state index in [-0.39, 0.29) is 10.7 Å². The molecule has 1 heterocycles. The summed E-state index contributed by atoms with van der Waals surface area (Å²) in [5.74, 6) is 0.928. The van der Waals surface area contributed by atoms with E-state index < -0.39 is 5.69 Å². The minimum Gasteiger partial charge on any atom is -0.297 e. The molecule has 1 aromatic heterocycles. The number of halogens is 1. The largest absolute Gasteiger partial charge is 0.329 e. The van der Waals surface area contributed by atoms with E-state index >= 15 is 0 Å². The number of hydrogen-bond donors (Lipinski definition) is 1. The Bertz CT molecular complexity index is 481. The molecule has 0 aromatic carbocycles. The molecule has 0 bridgehead atoms. The predicted molar refractivity (Wildman–Crippen MR) is 73.3 cm³/mol. The van der Waals surface area contributed by atoms with Crippen LogP contribution in [0.15, 0.2) is 9.59 Å². The molecule has 0 radical (unpaired) electrons. The first-order valence-corrected chi connectivity index (χ1v) is 7.39. The summed E-state index contributed by atoms with van der Waals surface area (Å²) in [6.07, 6.45) is 4.22. The summed E-state index contributed by atoms with van der Waals surface area (Å²) in [4.78, 5) is 26.2. The van der Waals surface area contributed by atoms with Gasteiger partial charge >= 0.3 is 5.69 Å². The van der Waals surface area contributed by atoms with Gasteiger partial charge in [0.1, 0.15) is 5.15 Å². The zero-order chi connectivity index (χ0) is 12.8. The summed E-state index contributed by atoms with van der Waals surface area (Å²) in [5.41, 5.74) is -0.152. The van der Waals surface area contributed by atoms with E-state index in [1.807, 2.05) is 13.2 Å². The fourth-order valence-electron chi connectivity index (χ4n) is 1.62. The van der Waals surface area contributed by atoms with Crippen LogP contribution in [0.3, 0.4) is 0 Å². The Hall–Kier alpha value is -0.680. The standard InChI is InChI=1S/C11H17ClN2O2S/c1-3-5-8-9(12)13-11(16)14(10(8)15)6-4-7-17-2/h3-7H2,1-2H3,(H,13,16). The molecule has 1 rings (SSSR count). The van der Waals surface area contributed by atoms with Gasteiger partial charge in [-0.2, -0.15) is 11.8 Å². The topological polar surface area (TPSA) is 54.9 Å². The second kappa shape index (κ2) is 6.91. The zero-order valence-corrected chi connectivity index (χ0v) is 11.7. The fraction of sp³-hybridized carbons (Fsp3) is 0.636. The molecule has 0 aliphatic rings. The maximum Gasteiger partial charge on any atom is 0.329 e. The van der Waals surface area contributed by atoms with Crippen LogP contribution in [-0.4, -0.2) is 21.6 Å². The Balaban J connectivity index is 3.08. The van der Waals surface area contributed by atoms with Gasteiger partial charge in [-0.05, 0) is 24.9 Å². The maximum atomic E-state index is 12.0. The first-order valence-electron chi connectivity index (χ1n) is 5.62. The Morgan fingerprint density at radius 3 is 2.71 bits per heavy atom. The number of aromatic amines is 1. The van der Waals surface area contributed by atoms with E-state index in [1.165, 1.54) is 4.57 Å². The smallest absolute Gasteiger partial charge is 0.297 e. The maximum absolute atomic E-state index is 12.0. The average Bonchev–Trinajstić information content (AvgIpc) is 2.29. The van der Waals surface area contributed by atoms with Crippen LogP contribution in [0, 0.1) is 0 Å². The van der Waals surface area contributed by atoms with Crippen molar-refractivity contribution in [3.63, 3.8) is 0 Å². The van der Waals surface area contributed by atoms with Gasteiger partial charge in [0.05, 0.1) is 5.56 Å². The zero-order valence-electron chi connectivity index (χ0n) is 10.1. The summed E-state index contributed by atoms with van der Waals surface area (Å²) in [5, 5.41) is 0.183. The molecule has 0 amide bonds. The van der Waals surface area contributed by atoms with Crippen LogP contribution in [0.4, 0.5) is 0 Å². The van der Waals surface area contributed by atoms with Gasteiger partial charge in [0.15, 0.2) is 0 Å². The third-order valence-electron chi connectivity index (χ3n) is 2.46. The Morgan fingerprint density at radius 1 is 1.41 bits per heavy atom. The molecule has 17 heavy (non-hydrogen) atoms. The van der Waals surface area contributed by atoms with Crippen LogP contribution in [0.2, 0.25) is 5.15 Å². The second-order valence-electron chi connectivity index (χ2n) is 3.78. The lowest BCUT2D eigenvalue weighted by Crippen LogP contribution is -2.37. The molecule has 4 nitrogen and oxygen atoms in total. The first-order chi connectivity index (χ1) is 8.11. The number of aromatic nitrogens is 2. The highest BCUT2D eigenvalue weighted by Crippen LogP contribution is 2.08. The van der Waals surface area contributed by atoms with Crippen LogP contribution in [0.25, 0.3) is 0 Å². The van der Waals surface area contributed by atoms with Gasteiger partial charge in [0.25, 0.3) is 5.56 Å². The lowest BCUT2D eigenvalue weighted by molar-refractivity contribution is 0.609. The van der Waals surface area contributed by atoms with E-state index in [0.29, 0.717) is 18.5 Å². The fourth-order valence-corrected chi connectivity index (χ4v) is 2.30. The number of thioether (sulfide) groups is 1. The van der Waals surface area contributed by atoms with Crippen molar-refractivity contribution in [2.24, 2.45) is 0 Å². The van der Waals surface area contributed by atoms with Crippen LogP contribution < -0.4 is 11.2 Å². The Labute approximate surface area is 109 Å². The van der Waals surface area contributed by atoms with Crippen LogP contribution in [0.1, 0.15) is 25.3 Å². The van der Waals surface area contributed by atoms with Crippen molar-refractivity contribution in [2.75, 3.05) is 12.0 Å². The third kappa shape index (κ3) is 3.64. The molecule has 0 saturated heterocycles. The Kier molecular flexibility index (Phi) is 5.85. The van der Waals surface area contributed by atoms with Crippen molar-refractivity contribution in [3.05, 3.63) is 31.6 Å². The van der Waals surface area contributed by atoms with Crippen molar-refractivity contribution >= 4 is 23.4 Å². The number of hydrogen-bond acceptors (Lipinski definition) is 3. The molecule has 0 aliphatic carbocycles. The first kappa shape index (κ1) is 14.4. The molecule has 1 aromatic rings. The van der Waals surface area contributed by atoms with Crippen molar-refractivity contribution in [3.8, 4) is 0 Å². The van der Waals surface area contributed by atoms with E-state index in [0.717, 1.165) is 18.6 Å². The molecule has 0 saturated carbocycles. The van der Waals surface area contributed by atoms with Crippen molar-refractivity contribution < 1.29 is 0 Å². The van der Waals surface area contributed by atoms with Crippen molar-refractivity contribution in [2.45, 2.75) is 32.7 Å². The van der Waals surface area contributed by atoms with Gasteiger partial charge in [-0.1, -0.05) is 24.9 Å². The van der Waals surface area contributed by atoms with Gasteiger partial charge in [0, 0.05) is 6.54 Å². The molecule has 0 unspecified atom stereocenters. The number of nitrogens with zero attached hydrogens (tertiary/aromatic N) is 1. The molecular formula is C11H17ClN2O2S. The van der Waals surface area contributed by atoms with Gasteiger partial charge in [-0.3, -0.25) is 14.3 Å². The van der Waals surface area contributed by atoms with Crippen molar-refractivity contribution in [1.82, 2.24) is 9.55 Å². The molecule has 0 fully saturated rings. The minimum atomic E-state index is -0.416. The number of nitrogens with one attached hydrogen (secondary N) is 1. The number of H-pyrrole nitrogens is 1. The van der Waals surface area contributed by atoms with Crippen LogP contribution in [0.5, 0.6) is 0 Å². The monoisotopic (exact) mass is 276 g/mol. The van der Waals surface area contributed by atoms with Crippen LogP contribution in [-0.2, 0) is 13.0 Å². The predicted octanol–water partition coefficient (Wildman–Crippen LogP) is 1.90. The quantitative estimate of drug-likeness (QED) is 0.638. The molecule has 1 N–H and O–H groups in total. The second-order valence-corrected chi connectivity index (χ2v) is 5.14. The minimum absolute atomic E-state index is 0.183. The molecule has 96 valence electrons. The summed E-state index contributed by atoms with van der Waals surface area (Å²) >= 11 is 7.57. The lowest BCUT2D eigenvalue weighted by Gasteiger charge is -2.07. The summed E-state index contributed by atoms with van der Waals surface area (Å²) in [6.45, 7) is 2.42. The summed E-state index contributed by atoms with van der Waals surface area (Å²) < 4.78 is 1.24. The van der Waals surface area contributed by atoms with Crippen molar-refractivity contribution in [1.29, 1.82) is 0 Å². The highest BCUT2D eigenvalue weighted by atomic mass is 35.5. The van der Waals surface area contributed by atoms with Gasteiger partial charge in [-0.25, -0.2) is 4.79 Å². The van der Waals surface area contributed by atoms with Gasteiger partial charge < -0.3 is 0 Å². The molecule has 0 atom stereocenters. The van der Waals surface area contributed by atoms with Gasteiger partial charge in [0.2, 0.25) is 0 Å². The Morgan fingerprint density at radius 2 is 2.12 bits per heavy atom. The SMILES string of the molecule is CCCc1c(Cl)[nH]c(=O)n(CCCSC)c1=O. The summed E-state index contributed by atoms with van der Waals surface area (Å²) in [7, 11) is 0.